The Bertz CT molecular complexity index is 1250. The maximum atomic E-state index is 9.97. The minimum atomic E-state index is 0.486. The van der Waals surface area contributed by atoms with E-state index in [1.165, 1.54) is 31.2 Å². The monoisotopic (exact) mass is 367 g/mol. The molecular weight excluding hydrogens is 344 g/mol. The smallest absolute Gasteiger partial charge is 0.216 e. The molecule has 0 aliphatic heterocycles. The molecular formula is C25H23N2O+. The van der Waals surface area contributed by atoms with Crippen LogP contribution in [0, 0.1) is 18.3 Å². The fraction of sp³-hybridized carbons (Fsp3) is 0.280. The Morgan fingerprint density at radius 3 is 2.50 bits per heavy atom. The standard InChI is InChI=1S/C25H23N2O/c1-16-10-11-20-19-13-12-18(17-7-3-4-8-17)21(15-26)24(19)28-25(20)23(16)22-9-5-6-14-27(22)2/h5-6,9-14,17H,3-4,7-8H2,1-2H3/q+1. The van der Waals surface area contributed by atoms with E-state index >= 15 is 0 Å². The fourth-order valence-electron chi connectivity index (χ4n) is 4.81. The number of hydrogen-bond donors (Lipinski definition) is 0. The third-order valence-corrected chi connectivity index (χ3v) is 6.27. The first kappa shape index (κ1) is 17.0. The van der Waals surface area contributed by atoms with E-state index < -0.39 is 0 Å². The quantitative estimate of drug-likeness (QED) is 0.413. The molecule has 0 amide bonds. The van der Waals surface area contributed by atoms with Gasteiger partial charge in [-0.05, 0) is 42.9 Å². The SMILES string of the molecule is Cc1ccc2c(oc3c(C#N)c(C4CCCC4)ccc32)c1-c1cccc[n+]1C. The van der Waals surface area contributed by atoms with Crippen LogP contribution in [-0.4, -0.2) is 0 Å². The van der Waals surface area contributed by atoms with Crippen molar-refractivity contribution in [3.05, 3.63) is 65.4 Å². The van der Waals surface area contributed by atoms with E-state index in [4.69, 9.17) is 4.42 Å². The van der Waals surface area contributed by atoms with Crippen molar-refractivity contribution in [1.82, 2.24) is 0 Å². The average Bonchev–Trinajstić information content (AvgIpc) is 3.35. The van der Waals surface area contributed by atoms with Crippen molar-refractivity contribution in [2.75, 3.05) is 0 Å². The average molecular weight is 367 g/mol. The van der Waals surface area contributed by atoms with Crippen molar-refractivity contribution in [3.8, 4) is 17.3 Å². The van der Waals surface area contributed by atoms with Gasteiger partial charge in [-0.25, -0.2) is 4.57 Å². The molecule has 5 rings (SSSR count). The van der Waals surface area contributed by atoms with Crippen molar-refractivity contribution in [1.29, 1.82) is 5.26 Å². The zero-order valence-electron chi connectivity index (χ0n) is 16.3. The Labute approximate surface area is 164 Å². The molecule has 28 heavy (non-hydrogen) atoms. The van der Waals surface area contributed by atoms with Gasteiger partial charge in [0.1, 0.15) is 18.7 Å². The molecule has 1 saturated carbocycles. The Hall–Kier alpha value is -3.12. The zero-order chi connectivity index (χ0) is 19.3. The molecule has 3 heteroatoms. The molecule has 2 aromatic carbocycles. The molecule has 0 bridgehead atoms. The number of benzene rings is 2. The summed E-state index contributed by atoms with van der Waals surface area (Å²) in [6.45, 7) is 2.12. The third-order valence-electron chi connectivity index (χ3n) is 6.27. The van der Waals surface area contributed by atoms with Gasteiger partial charge in [0, 0.05) is 22.9 Å². The Morgan fingerprint density at radius 1 is 1.00 bits per heavy atom. The van der Waals surface area contributed by atoms with Gasteiger partial charge < -0.3 is 4.42 Å². The van der Waals surface area contributed by atoms with Crippen LogP contribution < -0.4 is 4.57 Å². The predicted molar refractivity (Wildman–Crippen MR) is 111 cm³/mol. The number of nitriles is 1. The highest BCUT2D eigenvalue weighted by Crippen LogP contribution is 2.42. The Morgan fingerprint density at radius 2 is 1.75 bits per heavy atom. The highest BCUT2D eigenvalue weighted by Gasteiger charge is 2.25. The Kier molecular flexibility index (Phi) is 3.94. The molecule has 0 atom stereocenters. The van der Waals surface area contributed by atoms with Crippen molar-refractivity contribution in [2.45, 2.75) is 38.5 Å². The van der Waals surface area contributed by atoms with Crippen LogP contribution in [0.5, 0.6) is 0 Å². The number of pyridine rings is 1. The molecule has 2 heterocycles. The van der Waals surface area contributed by atoms with Gasteiger partial charge in [0.25, 0.3) is 0 Å². The van der Waals surface area contributed by atoms with E-state index in [0.29, 0.717) is 5.92 Å². The fourth-order valence-corrected chi connectivity index (χ4v) is 4.81. The van der Waals surface area contributed by atoms with Crippen molar-refractivity contribution < 1.29 is 8.98 Å². The Balaban J connectivity index is 1.84. The first-order valence-corrected chi connectivity index (χ1v) is 10.0. The summed E-state index contributed by atoms with van der Waals surface area (Å²) in [5, 5.41) is 12.1. The second-order valence-electron chi connectivity index (χ2n) is 7.93. The molecule has 0 saturated heterocycles. The minimum Gasteiger partial charge on any atom is -0.454 e. The summed E-state index contributed by atoms with van der Waals surface area (Å²) in [6.07, 6.45) is 6.90. The highest BCUT2D eigenvalue weighted by molar-refractivity contribution is 6.11. The topological polar surface area (TPSA) is 40.8 Å². The van der Waals surface area contributed by atoms with E-state index in [1.807, 2.05) is 6.07 Å². The number of fused-ring (bicyclic) bond motifs is 3. The number of rotatable bonds is 2. The van der Waals surface area contributed by atoms with E-state index in [0.717, 1.165) is 44.3 Å². The van der Waals surface area contributed by atoms with E-state index in [9.17, 15) is 5.26 Å². The molecule has 1 fully saturated rings. The number of furan rings is 1. The van der Waals surface area contributed by atoms with Gasteiger partial charge in [0.05, 0.1) is 11.1 Å². The molecule has 4 aromatic rings. The summed E-state index contributed by atoms with van der Waals surface area (Å²) in [4.78, 5) is 0. The molecule has 0 spiro atoms. The first-order chi connectivity index (χ1) is 13.7. The number of aromatic nitrogens is 1. The van der Waals surface area contributed by atoms with Gasteiger partial charge in [0.15, 0.2) is 11.8 Å². The van der Waals surface area contributed by atoms with Crippen molar-refractivity contribution in [2.24, 2.45) is 7.05 Å². The summed E-state index contributed by atoms with van der Waals surface area (Å²) < 4.78 is 8.58. The van der Waals surface area contributed by atoms with Gasteiger partial charge >= 0.3 is 0 Å². The van der Waals surface area contributed by atoms with Crippen LogP contribution in [0.1, 0.15) is 48.3 Å². The van der Waals surface area contributed by atoms with Crippen molar-refractivity contribution >= 4 is 21.9 Å². The van der Waals surface area contributed by atoms with E-state index in [-0.39, 0.29) is 0 Å². The lowest BCUT2D eigenvalue weighted by molar-refractivity contribution is -0.660. The summed E-state index contributed by atoms with van der Waals surface area (Å²) in [7, 11) is 2.05. The van der Waals surface area contributed by atoms with Gasteiger partial charge in [0.2, 0.25) is 5.69 Å². The summed E-state index contributed by atoms with van der Waals surface area (Å²) in [5.41, 5.74) is 6.88. The zero-order valence-corrected chi connectivity index (χ0v) is 16.3. The summed E-state index contributed by atoms with van der Waals surface area (Å²) >= 11 is 0. The van der Waals surface area contributed by atoms with Crippen LogP contribution in [0.3, 0.4) is 0 Å². The molecule has 1 aliphatic carbocycles. The lowest BCUT2D eigenvalue weighted by Gasteiger charge is -2.11. The minimum absolute atomic E-state index is 0.486. The van der Waals surface area contributed by atoms with Crippen molar-refractivity contribution in [3.63, 3.8) is 0 Å². The van der Waals surface area contributed by atoms with Crippen LogP contribution in [0.2, 0.25) is 0 Å². The number of hydrogen-bond acceptors (Lipinski definition) is 2. The number of aryl methyl sites for hydroxylation is 2. The molecule has 0 unspecified atom stereocenters. The van der Waals surface area contributed by atoms with Crippen LogP contribution in [0.15, 0.2) is 53.1 Å². The number of nitrogens with zero attached hydrogens (tertiary/aromatic N) is 2. The van der Waals surface area contributed by atoms with Crippen LogP contribution in [0.4, 0.5) is 0 Å². The maximum Gasteiger partial charge on any atom is 0.216 e. The second kappa shape index (κ2) is 6.49. The predicted octanol–water partition coefficient (Wildman–Crippen LogP) is 5.92. The van der Waals surface area contributed by atoms with Gasteiger partial charge in [-0.2, -0.15) is 5.26 Å². The lowest BCUT2D eigenvalue weighted by atomic mass is 9.91. The van der Waals surface area contributed by atoms with E-state index in [1.54, 1.807) is 0 Å². The van der Waals surface area contributed by atoms with Crippen LogP contribution >= 0.6 is 0 Å². The summed E-state index contributed by atoms with van der Waals surface area (Å²) in [5.74, 6) is 0.486. The second-order valence-corrected chi connectivity index (χ2v) is 7.93. The van der Waals surface area contributed by atoms with Gasteiger partial charge in [-0.3, -0.25) is 0 Å². The molecule has 3 nitrogen and oxygen atoms in total. The molecule has 138 valence electrons. The van der Waals surface area contributed by atoms with Crippen LogP contribution in [-0.2, 0) is 7.05 Å². The van der Waals surface area contributed by atoms with E-state index in [2.05, 4.69) is 67.2 Å². The highest BCUT2D eigenvalue weighted by atomic mass is 16.3. The summed E-state index contributed by atoms with van der Waals surface area (Å²) in [6, 6.07) is 17.2. The largest absolute Gasteiger partial charge is 0.454 e. The molecule has 0 radical (unpaired) electrons. The van der Waals surface area contributed by atoms with Gasteiger partial charge in [-0.1, -0.05) is 37.1 Å². The lowest BCUT2D eigenvalue weighted by Crippen LogP contribution is -2.30. The normalized spacial score (nSPS) is 14.8. The third kappa shape index (κ3) is 2.45. The maximum absolute atomic E-state index is 9.97. The first-order valence-electron chi connectivity index (χ1n) is 10.0. The van der Waals surface area contributed by atoms with Gasteiger partial charge in [-0.15, -0.1) is 0 Å². The molecule has 1 aliphatic rings. The molecule has 2 aromatic heterocycles. The molecule has 0 N–H and O–H groups in total. The van der Waals surface area contributed by atoms with Crippen LogP contribution in [0.25, 0.3) is 33.2 Å².